The summed E-state index contributed by atoms with van der Waals surface area (Å²) in [6.07, 6.45) is 0. The normalized spacial score (nSPS) is 10.5. The average molecular weight is 232 g/mol. The van der Waals surface area contributed by atoms with Crippen LogP contribution in [0.5, 0.6) is 5.75 Å². The number of nitrogens with two attached hydrogens (primary N) is 2. The van der Waals surface area contributed by atoms with E-state index in [-0.39, 0.29) is 0 Å². The van der Waals surface area contributed by atoms with E-state index in [9.17, 15) is 0 Å². The fourth-order valence-electron chi connectivity index (χ4n) is 1.80. The van der Waals surface area contributed by atoms with Gasteiger partial charge in [0.2, 0.25) is 0 Å². The van der Waals surface area contributed by atoms with Crippen LogP contribution >= 0.6 is 0 Å². The monoisotopic (exact) mass is 232 g/mol. The van der Waals surface area contributed by atoms with Gasteiger partial charge in [-0.25, -0.2) is 9.66 Å². The van der Waals surface area contributed by atoms with Crippen molar-refractivity contribution >= 4 is 5.82 Å². The minimum atomic E-state index is 0.465. The third kappa shape index (κ3) is 1.80. The maximum atomic E-state index is 5.90. The molecule has 4 N–H and O–H groups in total. The summed E-state index contributed by atoms with van der Waals surface area (Å²) in [7, 11) is 1.65. The molecular formula is C12H16N4O. The first-order valence-corrected chi connectivity index (χ1v) is 5.29. The zero-order chi connectivity index (χ0) is 12.6. The van der Waals surface area contributed by atoms with Gasteiger partial charge in [0.15, 0.2) is 5.82 Å². The molecule has 17 heavy (non-hydrogen) atoms. The van der Waals surface area contributed by atoms with E-state index in [1.807, 2.05) is 32.0 Å². The number of hydrogen-bond acceptors (Lipinski definition) is 4. The van der Waals surface area contributed by atoms with E-state index in [0.717, 1.165) is 16.9 Å². The topological polar surface area (TPSA) is 79.1 Å². The Morgan fingerprint density at radius 3 is 2.47 bits per heavy atom. The zero-order valence-corrected chi connectivity index (χ0v) is 10.2. The number of methoxy groups -OCH3 is 1. The molecule has 0 fully saturated rings. The number of nitrogen functional groups attached to an aromatic ring is 2. The van der Waals surface area contributed by atoms with Crippen molar-refractivity contribution in [2.45, 2.75) is 13.8 Å². The first-order chi connectivity index (χ1) is 8.04. The molecule has 2 rings (SSSR count). The van der Waals surface area contributed by atoms with Crippen molar-refractivity contribution in [2.24, 2.45) is 0 Å². The quantitative estimate of drug-likeness (QED) is 0.768. The fraction of sp³-hybridized carbons (Fsp3) is 0.250. The molecule has 0 radical (unpaired) electrons. The first-order valence-electron chi connectivity index (χ1n) is 5.29. The Morgan fingerprint density at radius 2 is 2.00 bits per heavy atom. The van der Waals surface area contributed by atoms with Crippen molar-refractivity contribution in [1.29, 1.82) is 0 Å². The van der Waals surface area contributed by atoms with Gasteiger partial charge in [-0.1, -0.05) is 0 Å². The lowest BCUT2D eigenvalue weighted by molar-refractivity contribution is 0.412. The summed E-state index contributed by atoms with van der Waals surface area (Å²) in [5.74, 6) is 7.73. The molecule has 2 aromatic rings. The number of nitrogens with zero attached hydrogens (tertiary/aromatic N) is 2. The molecular weight excluding hydrogens is 216 g/mol. The Labute approximate surface area is 100.0 Å². The predicted octanol–water partition coefficient (Wildman–Crippen LogP) is 1.47. The lowest BCUT2D eigenvalue weighted by Gasteiger charge is -2.06. The molecule has 5 nitrogen and oxygen atoms in total. The summed E-state index contributed by atoms with van der Waals surface area (Å²) in [6.45, 7) is 3.79. The summed E-state index contributed by atoms with van der Waals surface area (Å²) >= 11 is 0. The summed E-state index contributed by atoms with van der Waals surface area (Å²) in [6, 6.07) is 5.80. The second kappa shape index (κ2) is 4.01. The van der Waals surface area contributed by atoms with Crippen LogP contribution in [0.15, 0.2) is 18.2 Å². The molecule has 1 aromatic carbocycles. The number of benzene rings is 1. The van der Waals surface area contributed by atoms with E-state index in [1.165, 1.54) is 4.68 Å². The summed E-state index contributed by atoms with van der Waals surface area (Å²) in [5.41, 5.74) is 8.58. The number of imidazole rings is 1. The van der Waals surface area contributed by atoms with Crippen molar-refractivity contribution in [1.82, 2.24) is 9.66 Å². The maximum absolute atomic E-state index is 5.90. The molecule has 0 saturated carbocycles. The van der Waals surface area contributed by atoms with Crippen LogP contribution in [0.3, 0.4) is 0 Å². The van der Waals surface area contributed by atoms with E-state index in [1.54, 1.807) is 7.11 Å². The number of rotatable bonds is 2. The van der Waals surface area contributed by atoms with Crippen LogP contribution in [-0.4, -0.2) is 16.8 Å². The largest absolute Gasteiger partial charge is 0.496 e. The molecule has 0 aliphatic rings. The van der Waals surface area contributed by atoms with Gasteiger partial charge < -0.3 is 16.3 Å². The maximum Gasteiger partial charge on any atom is 0.150 e. The Morgan fingerprint density at radius 1 is 1.29 bits per heavy atom. The second-order valence-corrected chi connectivity index (χ2v) is 3.95. The fourth-order valence-corrected chi connectivity index (χ4v) is 1.80. The van der Waals surface area contributed by atoms with Gasteiger partial charge in [0.05, 0.1) is 7.11 Å². The third-order valence-corrected chi connectivity index (χ3v) is 2.79. The Hall–Kier alpha value is -2.17. The summed E-state index contributed by atoms with van der Waals surface area (Å²) < 4.78 is 6.60. The molecule has 90 valence electrons. The van der Waals surface area contributed by atoms with Gasteiger partial charge in [-0.2, -0.15) is 0 Å². The molecule has 5 heteroatoms. The molecule has 0 bridgehead atoms. The molecule has 1 heterocycles. The van der Waals surface area contributed by atoms with Crippen molar-refractivity contribution in [3.63, 3.8) is 0 Å². The number of hydrogen-bond donors (Lipinski definition) is 2. The van der Waals surface area contributed by atoms with Crippen molar-refractivity contribution in [3.05, 3.63) is 29.6 Å². The molecule has 1 aromatic heterocycles. The highest BCUT2D eigenvalue weighted by Crippen LogP contribution is 2.28. The van der Waals surface area contributed by atoms with Gasteiger partial charge in [0.1, 0.15) is 17.3 Å². The third-order valence-electron chi connectivity index (χ3n) is 2.79. The average Bonchev–Trinajstić information content (AvgIpc) is 2.57. The van der Waals surface area contributed by atoms with Crippen LogP contribution in [0.1, 0.15) is 11.4 Å². The highest BCUT2D eigenvalue weighted by Gasteiger charge is 2.12. The predicted molar refractivity (Wildman–Crippen MR) is 68.3 cm³/mol. The van der Waals surface area contributed by atoms with E-state index in [2.05, 4.69) is 4.98 Å². The van der Waals surface area contributed by atoms with Gasteiger partial charge in [0.25, 0.3) is 0 Å². The minimum Gasteiger partial charge on any atom is -0.496 e. The highest BCUT2D eigenvalue weighted by molar-refractivity contribution is 5.72. The lowest BCUT2D eigenvalue weighted by Crippen LogP contribution is -2.13. The molecule has 0 spiro atoms. The van der Waals surface area contributed by atoms with Crippen LogP contribution < -0.4 is 16.3 Å². The van der Waals surface area contributed by atoms with Crippen molar-refractivity contribution in [3.8, 4) is 17.0 Å². The van der Waals surface area contributed by atoms with Crippen molar-refractivity contribution < 1.29 is 4.74 Å². The molecule has 0 unspecified atom stereocenters. The van der Waals surface area contributed by atoms with Gasteiger partial charge in [-0.3, -0.25) is 0 Å². The highest BCUT2D eigenvalue weighted by atomic mass is 16.5. The minimum absolute atomic E-state index is 0.465. The van der Waals surface area contributed by atoms with Crippen LogP contribution in [0.2, 0.25) is 0 Å². The SMILES string of the molecule is COc1ccc(-c2nc(C)n(N)c2N)cc1C. The van der Waals surface area contributed by atoms with E-state index < -0.39 is 0 Å². The van der Waals surface area contributed by atoms with Crippen LogP contribution in [0.25, 0.3) is 11.3 Å². The Balaban J connectivity index is 2.53. The lowest BCUT2D eigenvalue weighted by atomic mass is 10.1. The zero-order valence-electron chi connectivity index (χ0n) is 10.2. The molecule has 0 aliphatic heterocycles. The van der Waals surface area contributed by atoms with Gasteiger partial charge in [-0.15, -0.1) is 0 Å². The number of aryl methyl sites for hydroxylation is 2. The van der Waals surface area contributed by atoms with E-state index in [4.69, 9.17) is 16.3 Å². The summed E-state index contributed by atoms with van der Waals surface area (Å²) in [5, 5.41) is 0. The van der Waals surface area contributed by atoms with Gasteiger partial charge in [-0.05, 0) is 37.6 Å². The number of ether oxygens (including phenoxy) is 1. The number of anilines is 1. The van der Waals surface area contributed by atoms with Crippen LogP contribution in [-0.2, 0) is 0 Å². The first kappa shape index (κ1) is 11.3. The molecule has 0 amide bonds. The Kier molecular flexibility index (Phi) is 2.67. The standard InChI is InChI=1S/C12H16N4O/c1-7-6-9(4-5-10(7)17-3)11-12(13)16(14)8(2)15-11/h4-6H,13-14H2,1-3H3. The summed E-state index contributed by atoms with van der Waals surface area (Å²) in [4.78, 5) is 4.35. The molecule has 0 saturated heterocycles. The van der Waals surface area contributed by atoms with Crippen LogP contribution in [0, 0.1) is 13.8 Å². The van der Waals surface area contributed by atoms with Gasteiger partial charge in [0, 0.05) is 5.56 Å². The second-order valence-electron chi connectivity index (χ2n) is 3.95. The molecule has 0 aliphatic carbocycles. The van der Waals surface area contributed by atoms with E-state index in [0.29, 0.717) is 17.3 Å². The molecule has 0 atom stereocenters. The van der Waals surface area contributed by atoms with Crippen molar-refractivity contribution in [2.75, 3.05) is 18.7 Å². The smallest absolute Gasteiger partial charge is 0.150 e. The Bertz CT molecular complexity index is 560. The van der Waals surface area contributed by atoms with Gasteiger partial charge >= 0.3 is 0 Å². The van der Waals surface area contributed by atoms with E-state index >= 15 is 0 Å². The van der Waals surface area contributed by atoms with Crippen LogP contribution in [0.4, 0.5) is 5.82 Å². The number of aromatic nitrogens is 2.